The van der Waals surface area contributed by atoms with E-state index >= 15 is 0 Å². The Kier molecular flexibility index (Phi) is 6.39. The van der Waals surface area contributed by atoms with Gasteiger partial charge in [0, 0.05) is 25.7 Å². The number of hydrazine groups is 1. The maximum absolute atomic E-state index is 12.8. The number of hydrogen-bond donors (Lipinski definition) is 3. The standard InChI is InChI=1S/C17H25ClN4O3S2/c1-19-16-22(2)17(23,11-26-16)12-8-9-14(18)15(10-12)27(24,25)21-20-13-6-4-3-5-7-13/h8-10,13,20-21,23H,3-7,11H2,1-2H3. The summed E-state index contributed by atoms with van der Waals surface area (Å²) in [6.45, 7) is 0. The fraction of sp³-hybridized carbons (Fsp3) is 0.588. The van der Waals surface area contributed by atoms with Gasteiger partial charge in [-0.05, 0) is 25.0 Å². The summed E-state index contributed by atoms with van der Waals surface area (Å²) in [4.78, 5) is 8.19. The van der Waals surface area contributed by atoms with E-state index in [9.17, 15) is 13.5 Å². The van der Waals surface area contributed by atoms with Gasteiger partial charge in [0.2, 0.25) is 0 Å². The Morgan fingerprint density at radius 3 is 2.67 bits per heavy atom. The Hall–Kier alpha value is -0.840. The second-order valence-electron chi connectivity index (χ2n) is 6.90. The topological polar surface area (TPSA) is 94.0 Å². The number of amidine groups is 1. The molecule has 3 rings (SSSR count). The van der Waals surface area contributed by atoms with Crippen LogP contribution in [-0.2, 0) is 15.7 Å². The minimum atomic E-state index is -3.87. The zero-order valence-electron chi connectivity index (χ0n) is 15.4. The summed E-state index contributed by atoms with van der Waals surface area (Å²) in [6, 6.07) is 4.71. The van der Waals surface area contributed by atoms with Crippen LogP contribution in [0.15, 0.2) is 28.1 Å². The van der Waals surface area contributed by atoms with Gasteiger partial charge in [-0.1, -0.05) is 48.7 Å². The van der Waals surface area contributed by atoms with Gasteiger partial charge in [-0.2, -0.15) is 0 Å². The fourth-order valence-corrected chi connectivity index (χ4v) is 6.06. The summed E-state index contributed by atoms with van der Waals surface area (Å²) < 4.78 is 25.6. The lowest BCUT2D eigenvalue weighted by Gasteiger charge is -2.31. The molecule has 1 saturated heterocycles. The van der Waals surface area contributed by atoms with Crippen LogP contribution in [-0.4, -0.2) is 49.5 Å². The Morgan fingerprint density at radius 2 is 2.04 bits per heavy atom. The second kappa shape index (κ2) is 8.26. The number of aliphatic hydroxyl groups is 1. The largest absolute Gasteiger partial charge is 0.366 e. The van der Waals surface area contributed by atoms with Gasteiger partial charge in [0.25, 0.3) is 10.0 Å². The van der Waals surface area contributed by atoms with Crippen molar-refractivity contribution in [2.24, 2.45) is 4.99 Å². The molecule has 0 aromatic heterocycles. The van der Waals surface area contributed by atoms with Crippen molar-refractivity contribution in [1.82, 2.24) is 15.2 Å². The summed E-state index contributed by atoms with van der Waals surface area (Å²) in [7, 11) is -0.479. The molecule has 1 aromatic carbocycles. The molecule has 1 heterocycles. The number of nitrogens with one attached hydrogen (secondary N) is 2. The van der Waals surface area contributed by atoms with Gasteiger partial charge in [0.05, 0.1) is 10.8 Å². The number of halogens is 1. The smallest absolute Gasteiger partial charge is 0.254 e. The molecule has 2 fully saturated rings. The van der Waals surface area contributed by atoms with E-state index in [2.05, 4.69) is 15.2 Å². The first-order valence-corrected chi connectivity index (χ1v) is 11.8. The third-order valence-electron chi connectivity index (χ3n) is 5.12. The molecule has 1 unspecified atom stereocenters. The van der Waals surface area contributed by atoms with Crippen LogP contribution in [0.1, 0.15) is 37.7 Å². The minimum Gasteiger partial charge on any atom is -0.366 e. The molecule has 0 radical (unpaired) electrons. The summed E-state index contributed by atoms with van der Waals surface area (Å²) in [5, 5.41) is 11.9. The Labute approximate surface area is 169 Å². The highest BCUT2D eigenvalue weighted by Crippen LogP contribution is 2.39. The van der Waals surface area contributed by atoms with Crippen molar-refractivity contribution < 1.29 is 13.5 Å². The van der Waals surface area contributed by atoms with Gasteiger partial charge in [-0.15, -0.1) is 4.83 Å². The lowest BCUT2D eigenvalue weighted by Crippen LogP contribution is -2.45. The zero-order valence-corrected chi connectivity index (χ0v) is 17.8. The van der Waals surface area contributed by atoms with E-state index in [1.807, 2.05) is 0 Å². The van der Waals surface area contributed by atoms with Gasteiger partial charge in [-0.25, -0.2) is 13.8 Å². The van der Waals surface area contributed by atoms with Crippen molar-refractivity contribution in [2.75, 3.05) is 19.8 Å². The first-order valence-electron chi connectivity index (χ1n) is 8.91. The number of aliphatic imine (C=N–C) groups is 1. The first kappa shape index (κ1) is 20.9. The molecule has 0 amide bonds. The van der Waals surface area contributed by atoms with Crippen LogP contribution < -0.4 is 10.3 Å². The van der Waals surface area contributed by atoms with E-state index in [0.717, 1.165) is 25.7 Å². The van der Waals surface area contributed by atoms with E-state index < -0.39 is 15.7 Å². The molecule has 1 aliphatic carbocycles. The highest BCUT2D eigenvalue weighted by Gasteiger charge is 2.43. The Morgan fingerprint density at radius 1 is 1.33 bits per heavy atom. The van der Waals surface area contributed by atoms with E-state index in [0.29, 0.717) is 16.5 Å². The van der Waals surface area contributed by atoms with Gasteiger partial charge >= 0.3 is 0 Å². The highest BCUT2D eigenvalue weighted by atomic mass is 35.5. The molecule has 150 valence electrons. The van der Waals surface area contributed by atoms with Gasteiger partial charge in [-0.3, -0.25) is 4.99 Å². The second-order valence-corrected chi connectivity index (χ2v) is 9.90. The van der Waals surface area contributed by atoms with Crippen molar-refractivity contribution in [3.8, 4) is 0 Å². The predicted molar refractivity (Wildman–Crippen MR) is 109 cm³/mol. The summed E-state index contributed by atoms with van der Waals surface area (Å²) >= 11 is 7.59. The molecule has 0 spiro atoms. The lowest BCUT2D eigenvalue weighted by molar-refractivity contribution is -0.0349. The molecule has 1 aromatic rings. The molecule has 1 aliphatic heterocycles. The summed E-state index contributed by atoms with van der Waals surface area (Å²) in [5.41, 5.74) is 2.03. The van der Waals surface area contributed by atoms with Crippen molar-refractivity contribution in [3.05, 3.63) is 28.8 Å². The number of sulfonamides is 1. The average molecular weight is 433 g/mol. The van der Waals surface area contributed by atoms with E-state index in [1.165, 1.54) is 30.3 Å². The average Bonchev–Trinajstić information content (AvgIpc) is 2.96. The van der Waals surface area contributed by atoms with Crippen molar-refractivity contribution in [3.63, 3.8) is 0 Å². The molecular formula is C17H25ClN4O3S2. The molecule has 0 bridgehead atoms. The fourth-order valence-electron chi connectivity index (χ4n) is 3.43. The number of nitrogens with zero attached hydrogens (tertiary/aromatic N) is 2. The quantitative estimate of drug-likeness (QED) is 0.618. The molecule has 1 saturated carbocycles. The van der Waals surface area contributed by atoms with E-state index in [-0.39, 0.29) is 16.0 Å². The molecule has 7 nitrogen and oxygen atoms in total. The van der Waals surface area contributed by atoms with Gasteiger partial charge in [0.15, 0.2) is 10.9 Å². The highest BCUT2D eigenvalue weighted by molar-refractivity contribution is 8.14. The molecule has 27 heavy (non-hydrogen) atoms. The molecule has 3 N–H and O–H groups in total. The predicted octanol–water partition coefficient (Wildman–Crippen LogP) is 2.27. The number of thioether (sulfide) groups is 1. The Bertz CT molecular complexity index is 827. The van der Waals surface area contributed by atoms with Gasteiger partial charge < -0.3 is 10.0 Å². The molecule has 2 aliphatic rings. The summed E-state index contributed by atoms with van der Waals surface area (Å²) in [6.07, 6.45) is 5.25. The van der Waals surface area contributed by atoms with Crippen LogP contribution in [0.25, 0.3) is 0 Å². The molecule has 1 atom stereocenters. The third-order valence-corrected chi connectivity index (χ3v) is 8.13. The normalized spacial score (nSPS) is 26.1. The third kappa shape index (κ3) is 4.28. The van der Waals surface area contributed by atoms with Crippen molar-refractivity contribution in [1.29, 1.82) is 0 Å². The van der Waals surface area contributed by atoms with Crippen LogP contribution in [0, 0.1) is 0 Å². The Balaban J connectivity index is 1.84. The summed E-state index contributed by atoms with van der Waals surface area (Å²) in [5.74, 6) is 0.352. The van der Waals surface area contributed by atoms with Crippen LogP contribution >= 0.6 is 23.4 Å². The molecule has 10 heteroatoms. The number of hydrogen-bond acceptors (Lipinski definition) is 6. The van der Waals surface area contributed by atoms with E-state index in [1.54, 1.807) is 25.1 Å². The van der Waals surface area contributed by atoms with E-state index in [4.69, 9.17) is 11.6 Å². The van der Waals surface area contributed by atoms with Crippen LogP contribution in [0.3, 0.4) is 0 Å². The van der Waals surface area contributed by atoms with Crippen molar-refractivity contribution in [2.45, 2.75) is 48.8 Å². The van der Waals surface area contributed by atoms with Crippen LogP contribution in [0.2, 0.25) is 5.02 Å². The van der Waals surface area contributed by atoms with Crippen LogP contribution in [0.4, 0.5) is 0 Å². The maximum Gasteiger partial charge on any atom is 0.254 e. The van der Waals surface area contributed by atoms with Gasteiger partial charge in [0.1, 0.15) is 4.90 Å². The maximum atomic E-state index is 12.8. The zero-order chi connectivity index (χ0) is 19.7. The van der Waals surface area contributed by atoms with Crippen molar-refractivity contribution >= 4 is 38.6 Å². The SMILES string of the molecule is CN=C1SCC(O)(c2ccc(Cl)c(S(=O)(=O)NNC3CCCCC3)c2)N1C. The number of benzene rings is 1. The minimum absolute atomic E-state index is 0.0568. The van der Waals surface area contributed by atoms with Crippen LogP contribution in [0.5, 0.6) is 0 Å². The molecular weight excluding hydrogens is 408 g/mol. The monoisotopic (exact) mass is 432 g/mol. The lowest BCUT2D eigenvalue weighted by atomic mass is 9.96. The number of rotatable bonds is 5. The first-order chi connectivity index (χ1) is 12.8.